The van der Waals surface area contributed by atoms with Gasteiger partial charge in [-0.15, -0.1) is 12.6 Å². The van der Waals surface area contributed by atoms with E-state index in [1.54, 1.807) is 0 Å². The summed E-state index contributed by atoms with van der Waals surface area (Å²) in [6, 6.07) is 8.16. The molecule has 14 heavy (non-hydrogen) atoms. The molecule has 1 heterocycles. The number of hydrogen-bond acceptors (Lipinski definition) is 2. The SMILES string of the molecule is Cn1ccnc1Cc1ccc(S)cc1. The van der Waals surface area contributed by atoms with Gasteiger partial charge in [0.05, 0.1) is 0 Å². The van der Waals surface area contributed by atoms with Crippen LogP contribution in [0.15, 0.2) is 41.6 Å². The fourth-order valence-corrected chi connectivity index (χ4v) is 1.51. The molecule has 2 rings (SSSR count). The van der Waals surface area contributed by atoms with Gasteiger partial charge in [0.2, 0.25) is 0 Å². The quantitative estimate of drug-likeness (QED) is 0.743. The van der Waals surface area contributed by atoms with Gasteiger partial charge in [0.25, 0.3) is 0 Å². The molecule has 0 aliphatic heterocycles. The molecule has 0 saturated heterocycles. The Hall–Kier alpha value is -1.22. The first-order chi connectivity index (χ1) is 6.75. The third-order valence-corrected chi connectivity index (χ3v) is 2.52. The molecule has 0 N–H and O–H groups in total. The van der Waals surface area contributed by atoms with E-state index >= 15 is 0 Å². The zero-order chi connectivity index (χ0) is 9.97. The van der Waals surface area contributed by atoms with Crippen LogP contribution in [0.4, 0.5) is 0 Å². The maximum absolute atomic E-state index is 4.28. The van der Waals surface area contributed by atoms with Crippen molar-refractivity contribution in [1.29, 1.82) is 0 Å². The molecule has 2 aromatic rings. The molecule has 0 spiro atoms. The average molecular weight is 204 g/mol. The van der Waals surface area contributed by atoms with E-state index in [0.29, 0.717) is 0 Å². The summed E-state index contributed by atoms with van der Waals surface area (Å²) >= 11 is 4.25. The Kier molecular flexibility index (Phi) is 2.59. The van der Waals surface area contributed by atoms with Gasteiger partial charge in [-0.3, -0.25) is 0 Å². The van der Waals surface area contributed by atoms with Crippen LogP contribution in [0.3, 0.4) is 0 Å². The normalized spacial score (nSPS) is 10.4. The molecule has 3 heteroatoms. The Bertz CT molecular complexity index is 417. The Morgan fingerprint density at radius 3 is 2.57 bits per heavy atom. The van der Waals surface area contributed by atoms with Gasteiger partial charge >= 0.3 is 0 Å². The van der Waals surface area contributed by atoms with Crippen molar-refractivity contribution in [1.82, 2.24) is 9.55 Å². The number of aryl methyl sites for hydroxylation is 1. The highest BCUT2D eigenvalue weighted by Gasteiger charge is 2.00. The molecule has 0 aliphatic carbocycles. The van der Waals surface area contributed by atoms with Crippen LogP contribution in [0.25, 0.3) is 0 Å². The van der Waals surface area contributed by atoms with E-state index in [1.165, 1.54) is 5.56 Å². The average Bonchev–Trinajstić information content (AvgIpc) is 2.56. The van der Waals surface area contributed by atoms with Crippen molar-refractivity contribution in [3.8, 4) is 0 Å². The third-order valence-electron chi connectivity index (χ3n) is 2.22. The summed E-state index contributed by atoms with van der Waals surface area (Å²) in [5.74, 6) is 1.08. The number of imidazole rings is 1. The van der Waals surface area contributed by atoms with Gasteiger partial charge in [0, 0.05) is 30.8 Å². The molecule has 2 nitrogen and oxygen atoms in total. The molecule has 0 aliphatic rings. The van der Waals surface area contributed by atoms with Crippen LogP contribution in [0.1, 0.15) is 11.4 Å². The summed E-state index contributed by atoms with van der Waals surface area (Å²) < 4.78 is 2.04. The van der Waals surface area contributed by atoms with Gasteiger partial charge in [-0.25, -0.2) is 4.98 Å². The zero-order valence-corrected chi connectivity index (χ0v) is 8.91. The molecular weight excluding hydrogens is 192 g/mol. The van der Waals surface area contributed by atoms with E-state index in [1.807, 2.05) is 36.1 Å². The Morgan fingerprint density at radius 2 is 2.00 bits per heavy atom. The predicted molar refractivity (Wildman–Crippen MR) is 59.7 cm³/mol. The minimum atomic E-state index is 0.873. The summed E-state index contributed by atoms with van der Waals surface area (Å²) in [6.45, 7) is 0. The van der Waals surface area contributed by atoms with E-state index in [-0.39, 0.29) is 0 Å². The molecular formula is C11H12N2S. The monoisotopic (exact) mass is 204 g/mol. The Balaban J connectivity index is 2.19. The van der Waals surface area contributed by atoms with Crippen molar-refractivity contribution in [2.45, 2.75) is 11.3 Å². The standard InChI is InChI=1S/C11H12N2S/c1-13-7-6-12-11(13)8-9-2-4-10(14)5-3-9/h2-7,14H,8H2,1H3. The van der Waals surface area contributed by atoms with Crippen molar-refractivity contribution in [3.63, 3.8) is 0 Å². The molecule has 0 fully saturated rings. The molecule has 0 unspecified atom stereocenters. The first kappa shape index (κ1) is 9.34. The van der Waals surface area contributed by atoms with Gasteiger partial charge in [-0.2, -0.15) is 0 Å². The van der Waals surface area contributed by atoms with E-state index < -0.39 is 0 Å². The molecule has 1 aromatic heterocycles. The second kappa shape index (κ2) is 3.88. The van der Waals surface area contributed by atoms with Gasteiger partial charge in [-0.1, -0.05) is 12.1 Å². The number of hydrogen-bond donors (Lipinski definition) is 1. The van der Waals surface area contributed by atoms with Crippen LogP contribution in [0, 0.1) is 0 Å². The fraction of sp³-hybridized carbons (Fsp3) is 0.182. The minimum Gasteiger partial charge on any atom is -0.338 e. The molecule has 0 bridgehead atoms. The Morgan fingerprint density at radius 1 is 1.29 bits per heavy atom. The lowest BCUT2D eigenvalue weighted by Gasteiger charge is -2.02. The third kappa shape index (κ3) is 1.99. The fourth-order valence-electron chi connectivity index (χ4n) is 1.36. The Labute approximate surface area is 89.0 Å². The van der Waals surface area contributed by atoms with Crippen LogP contribution < -0.4 is 0 Å². The molecule has 1 aromatic carbocycles. The van der Waals surface area contributed by atoms with Gasteiger partial charge < -0.3 is 4.57 Å². The summed E-state index contributed by atoms with van der Waals surface area (Å²) in [5.41, 5.74) is 1.26. The zero-order valence-electron chi connectivity index (χ0n) is 8.01. The highest BCUT2D eigenvalue weighted by molar-refractivity contribution is 7.80. The maximum atomic E-state index is 4.28. The van der Waals surface area contributed by atoms with Gasteiger partial charge in [0.15, 0.2) is 0 Å². The topological polar surface area (TPSA) is 17.8 Å². The maximum Gasteiger partial charge on any atom is 0.112 e. The molecule has 0 saturated carbocycles. The van der Waals surface area contributed by atoms with E-state index in [4.69, 9.17) is 0 Å². The van der Waals surface area contributed by atoms with Crippen molar-refractivity contribution >= 4 is 12.6 Å². The second-order valence-electron chi connectivity index (χ2n) is 3.30. The highest BCUT2D eigenvalue weighted by atomic mass is 32.1. The van der Waals surface area contributed by atoms with E-state index in [9.17, 15) is 0 Å². The summed E-state index contributed by atoms with van der Waals surface area (Å²) in [6.07, 6.45) is 4.65. The van der Waals surface area contributed by atoms with Crippen molar-refractivity contribution in [2.75, 3.05) is 0 Å². The molecule has 0 radical (unpaired) electrons. The van der Waals surface area contributed by atoms with Gasteiger partial charge in [0.1, 0.15) is 5.82 Å². The number of benzene rings is 1. The van der Waals surface area contributed by atoms with Crippen molar-refractivity contribution in [3.05, 3.63) is 48.0 Å². The van der Waals surface area contributed by atoms with Crippen LogP contribution in [-0.2, 0) is 13.5 Å². The minimum absolute atomic E-state index is 0.873. The second-order valence-corrected chi connectivity index (χ2v) is 3.81. The highest BCUT2D eigenvalue weighted by Crippen LogP contribution is 2.11. The lowest BCUT2D eigenvalue weighted by Crippen LogP contribution is -1.97. The molecule has 0 atom stereocenters. The van der Waals surface area contributed by atoms with Crippen LogP contribution >= 0.6 is 12.6 Å². The largest absolute Gasteiger partial charge is 0.338 e. The van der Waals surface area contributed by atoms with E-state index in [0.717, 1.165) is 17.1 Å². The van der Waals surface area contributed by atoms with Crippen LogP contribution in [-0.4, -0.2) is 9.55 Å². The number of thiol groups is 1. The van der Waals surface area contributed by atoms with Crippen LogP contribution in [0.2, 0.25) is 0 Å². The summed E-state index contributed by atoms with van der Waals surface area (Å²) in [4.78, 5) is 5.27. The number of rotatable bonds is 2. The molecule has 0 amide bonds. The lowest BCUT2D eigenvalue weighted by atomic mass is 10.1. The predicted octanol–water partition coefficient (Wildman–Crippen LogP) is 2.30. The van der Waals surface area contributed by atoms with Crippen LogP contribution in [0.5, 0.6) is 0 Å². The number of aromatic nitrogens is 2. The molecule has 72 valence electrons. The number of nitrogens with zero attached hydrogens (tertiary/aromatic N) is 2. The smallest absolute Gasteiger partial charge is 0.112 e. The summed E-state index contributed by atoms with van der Waals surface area (Å²) in [5, 5.41) is 0. The van der Waals surface area contributed by atoms with Gasteiger partial charge in [-0.05, 0) is 17.7 Å². The van der Waals surface area contributed by atoms with Crippen molar-refractivity contribution in [2.24, 2.45) is 7.05 Å². The first-order valence-corrected chi connectivity index (χ1v) is 4.94. The summed E-state index contributed by atoms with van der Waals surface area (Å²) in [7, 11) is 2.01. The first-order valence-electron chi connectivity index (χ1n) is 4.50. The van der Waals surface area contributed by atoms with Crippen molar-refractivity contribution < 1.29 is 0 Å². The van der Waals surface area contributed by atoms with E-state index in [2.05, 4.69) is 29.7 Å². The lowest BCUT2D eigenvalue weighted by molar-refractivity contribution is 0.821.